The third kappa shape index (κ3) is 5.04. The van der Waals surface area contributed by atoms with E-state index in [0.717, 1.165) is 67.4 Å². The van der Waals surface area contributed by atoms with Gasteiger partial charge in [-0.25, -0.2) is 0 Å². The number of nitrogens with zero attached hydrogens (tertiary/aromatic N) is 2. The molecular weight excluding hydrogens is 396 g/mol. The minimum Gasteiger partial charge on any atom is -0.493 e. The van der Waals surface area contributed by atoms with Crippen molar-refractivity contribution in [1.29, 1.82) is 0 Å². The van der Waals surface area contributed by atoms with Gasteiger partial charge in [0.25, 0.3) is 11.8 Å². The number of thiophene rings is 1. The number of carbonyl (C=O) groups excluding carboxylic acids is 2. The predicted molar refractivity (Wildman–Crippen MR) is 119 cm³/mol. The van der Waals surface area contributed by atoms with Gasteiger partial charge >= 0.3 is 0 Å². The van der Waals surface area contributed by atoms with Crippen LogP contribution in [0.2, 0.25) is 0 Å². The van der Waals surface area contributed by atoms with Crippen LogP contribution in [0.15, 0.2) is 36.4 Å². The molecule has 0 N–H and O–H groups in total. The van der Waals surface area contributed by atoms with Crippen molar-refractivity contribution in [3.63, 3.8) is 0 Å². The molecule has 4 rings (SSSR count). The Morgan fingerprint density at radius 1 is 1.00 bits per heavy atom. The standard InChI is InChI=1S/C24H30N2O3S/c1-18-10-11-22(30-18)24(28)26-14-6-7-19(16-26)17-29-21-9-5-8-20(15-21)23(27)25-12-3-2-4-13-25/h5,8-11,15,19H,2-4,6-7,12-14,16-17H2,1H3/t19-/m1/s1. The fraction of sp³-hybridized carbons (Fsp3) is 0.500. The molecule has 2 aromatic rings. The van der Waals surface area contributed by atoms with Gasteiger partial charge in [0.15, 0.2) is 0 Å². The van der Waals surface area contributed by atoms with E-state index in [1.54, 1.807) is 11.3 Å². The van der Waals surface area contributed by atoms with Gasteiger partial charge in [-0.05, 0) is 69.4 Å². The number of hydrogen-bond donors (Lipinski definition) is 0. The Hall–Kier alpha value is -2.34. The van der Waals surface area contributed by atoms with Crippen LogP contribution in [0.4, 0.5) is 0 Å². The summed E-state index contributed by atoms with van der Waals surface area (Å²) in [7, 11) is 0. The zero-order valence-corrected chi connectivity index (χ0v) is 18.5. The maximum Gasteiger partial charge on any atom is 0.263 e. The lowest BCUT2D eigenvalue weighted by atomic mass is 9.99. The van der Waals surface area contributed by atoms with E-state index >= 15 is 0 Å². The van der Waals surface area contributed by atoms with Crippen LogP contribution in [0, 0.1) is 12.8 Å². The smallest absolute Gasteiger partial charge is 0.263 e. The molecule has 6 heteroatoms. The highest BCUT2D eigenvalue weighted by Crippen LogP contribution is 2.24. The molecule has 2 aliphatic rings. The van der Waals surface area contributed by atoms with E-state index < -0.39 is 0 Å². The monoisotopic (exact) mass is 426 g/mol. The van der Waals surface area contributed by atoms with E-state index in [9.17, 15) is 9.59 Å². The summed E-state index contributed by atoms with van der Waals surface area (Å²) in [6.07, 6.45) is 5.44. The summed E-state index contributed by atoms with van der Waals surface area (Å²) in [6.45, 7) is 5.82. The fourth-order valence-electron chi connectivity index (χ4n) is 4.30. The van der Waals surface area contributed by atoms with Crippen LogP contribution in [0.5, 0.6) is 5.75 Å². The molecular formula is C24H30N2O3S. The number of benzene rings is 1. The minimum absolute atomic E-state index is 0.0980. The van der Waals surface area contributed by atoms with Gasteiger partial charge in [0.05, 0.1) is 11.5 Å². The number of amides is 2. The molecule has 0 spiro atoms. The minimum atomic E-state index is 0.0980. The van der Waals surface area contributed by atoms with Crippen LogP contribution in [0.1, 0.15) is 57.0 Å². The zero-order chi connectivity index (χ0) is 20.9. The van der Waals surface area contributed by atoms with Crippen molar-refractivity contribution in [1.82, 2.24) is 9.80 Å². The Morgan fingerprint density at radius 2 is 1.80 bits per heavy atom. The average Bonchev–Trinajstić information content (AvgIpc) is 3.24. The molecule has 160 valence electrons. The molecule has 3 heterocycles. The van der Waals surface area contributed by atoms with Crippen LogP contribution < -0.4 is 4.74 Å². The first kappa shape index (κ1) is 20.9. The van der Waals surface area contributed by atoms with E-state index in [-0.39, 0.29) is 11.8 Å². The number of likely N-dealkylation sites (tertiary alicyclic amines) is 2. The van der Waals surface area contributed by atoms with Gasteiger partial charge < -0.3 is 14.5 Å². The van der Waals surface area contributed by atoms with Crippen LogP contribution in [0.3, 0.4) is 0 Å². The van der Waals surface area contributed by atoms with Crippen molar-refractivity contribution in [2.75, 3.05) is 32.8 Å². The molecule has 1 aromatic carbocycles. The molecule has 2 fully saturated rings. The first-order valence-corrected chi connectivity index (χ1v) is 11.8. The molecule has 0 unspecified atom stereocenters. The van der Waals surface area contributed by atoms with Gasteiger partial charge in [-0.3, -0.25) is 9.59 Å². The zero-order valence-electron chi connectivity index (χ0n) is 17.6. The molecule has 1 aromatic heterocycles. The van der Waals surface area contributed by atoms with Gasteiger partial charge in [-0.2, -0.15) is 0 Å². The van der Waals surface area contributed by atoms with Crippen LogP contribution >= 0.6 is 11.3 Å². The lowest BCUT2D eigenvalue weighted by molar-refractivity contribution is 0.0636. The molecule has 2 aliphatic heterocycles. The first-order valence-electron chi connectivity index (χ1n) is 11.0. The van der Waals surface area contributed by atoms with Crippen molar-refractivity contribution in [2.24, 2.45) is 5.92 Å². The summed E-state index contributed by atoms with van der Waals surface area (Å²) in [5, 5.41) is 0. The summed E-state index contributed by atoms with van der Waals surface area (Å²) in [4.78, 5) is 31.4. The Labute approximate surface area is 182 Å². The number of piperidine rings is 2. The predicted octanol–water partition coefficient (Wildman–Crippen LogP) is 4.61. The van der Waals surface area contributed by atoms with Crippen LogP contribution in [0.25, 0.3) is 0 Å². The molecule has 0 bridgehead atoms. The maximum absolute atomic E-state index is 12.8. The van der Waals surface area contributed by atoms with Crippen molar-refractivity contribution in [3.05, 3.63) is 51.7 Å². The third-order valence-corrected chi connectivity index (χ3v) is 6.96. The largest absolute Gasteiger partial charge is 0.493 e. The molecule has 30 heavy (non-hydrogen) atoms. The molecule has 0 radical (unpaired) electrons. The average molecular weight is 427 g/mol. The summed E-state index contributed by atoms with van der Waals surface area (Å²) in [6, 6.07) is 11.5. The highest BCUT2D eigenvalue weighted by Gasteiger charge is 2.26. The molecule has 0 aliphatic carbocycles. The fourth-order valence-corrected chi connectivity index (χ4v) is 5.14. The van der Waals surface area contributed by atoms with E-state index in [0.29, 0.717) is 18.1 Å². The number of ether oxygens (including phenoxy) is 1. The molecule has 2 amide bonds. The van der Waals surface area contributed by atoms with Gasteiger partial charge in [0.1, 0.15) is 5.75 Å². The normalized spacial score (nSPS) is 19.6. The number of carbonyl (C=O) groups is 2. The van der Waals surface area contributed by atoms with E-state index in [1.807, 2.05) is 53.1 Å². The Morgan fingerprint density at radius 3 is 2.57 bits per heavy atom. The lowest BCUT2D eigenvalue weighted by Crippen LogP contribution is -2.41. The number of aryl methyl sites for hydroxylation is 1. The van der Waals surface area contributed by atoms with E-state index in [2.05, 4.69) is 0 Å². The second-order valence-corrected chi connectivity index (χ2v) is 9.65. The van der Waals surface area contributed by atoms with Gasteiger partial charge in [0, 0.05) is 42.5 Å². The van der Waals surface area contributed by atoms with Gasteiger partial charge in [-0.1, -0.05) is 6.07 Å². The maximum atomic E-state index is 12.8. The molecule has 0 saturated carbocycles. The highest BCUT2D eigenvalue weighted by molar-refractivity contribution is 7.13. The van der Waals surface area contributed by atoms with E-state index in [4.69, 9.17) is 4.74 Å². The first-order chi connectivity index (χ1) is 14.6. The second-order valence-electron chi connectivity index (χ2n) is 8.36. The topological polar surface area (TPSA) is 49.9 Å². The van der Waals surface area contributed by atoms with Gasteiger partial charge in [-0.15, -0.1) is 11.3 Å². The Bertz CT molecular complexity index is 888. The Kier molecular flexibility index (Phi) is 6.72. The molecule has 1 atom stereocenters. The number of rotatable bonds is 5. The quantitative estimate of drug-likeness (QED) is 0.701. The Balaban J connectivity index is 1.33. The summed E-state index contributed by atoms with van der Waals surface area (Å²) in [5.41, 5.74) is 0.697. The van der Waals surface area contributed by atoms with Crippen LogP contribution in [-0.2, 0) is 0 Å². The van der Waals surface area contributed by atoms with Crippen molar-refractivity contribution in [3.8, 4) is 5.75 Å². The second kappa shape index (κ2) is 9.65. The van der Waals surface area contributed by atoms with Crippen LogP contribution in [-0.4, -0.2) is 54.4 Å². The molecule has 2 saturated heterocycles. The summed E-state index contributed by atoms with van der Waals surface area (Å²) < 4.78 is 6.06. The highest BCUT2D eigenvalue weighted by atomic mass is 32.1. The van der Waals surface area contributed by atoms with E-state index in [1.165, 1.54) is 6.42 Å². The van der Waals surface area contributed by atoms with Crippen molar-refractivity contribution < 1.29 is 14.3 Å². The number of hydrogen-bond acceptors (Lipinski definition) is 4. The SMILES string of the molecule is Cc1ccc(C(=O)N2CCC[C@@H](COc3cccc(C(=O)N4CCCCC4)c3)C2)s1. The molecule has 5 nitrogen and oxygen atoms in total. The van der Waals surface area contributed by atoms with Gasteiger partial charge in [0.2, 0.25) is 0 Å². The lowest BCUT2D eigenvalue weighted by Gasteiger charge is -2.32. The summed E-state index contributed by atoms with van der Waals surface area (Å²) in [5.74, 6) is 1.27. The summed E-state index contributed by atoms with van der Waals surface area (Å²) >= 11 is 1.56. The van der Waals surface area contributed by atoms with Crippen molar-refractivity contribution >= 4 is 23.2 Å². The van der Waals surface area contributed by atoms with Crippen molar-refractivity contribution in [2.45, 2.75) is 39.0 Å². The third-order valence-electron chi connectivity index (χ3n) is 5.97.